The molecule has 0 fully saturated rings. The normalized spacial score (nSPS) is 12.6. The van der Waals surface area contributed by atoms with Crippen molar-refractivity contribution in [3.05, 3.63) is 35.9 Å². The Morgan fingerprint density at radius 1 is 0.676 bits per heavy atom. The molecule has 0 spiro atoms. The van der Waals surface area contributed by atoms with Gasteiger partial charge in [-0.25, -0.2) is 0 Å². The molecule has 0 N–H and O–H groups in total. The number of ether oxygens (including phenoxy) is 5. The van der Waals surface area contributed by atoms with Crippen molar-refractivity contribution >= 4 is 19.4 Å². The van der Waals surface area contributed by atoms with E-state index in [0.29, 0.717) is 39.6 Å². The van der Waals surface area contributed by atoms with Gasteiger partial charge in [-0.1, -0.05) is 6.07 Å². The van der Waals surface area contributed by atoms with Gasteiger partial charge >= 0.3 is 0 Å². The molecule has 7 heteroatoms. The van der Waals surface area contributed by atoms with E-state index in [1.807, 2.05) is 74.4 Å². The molecule has 0 aliphatic rings. The highest BCUT2D eigenvalue weighted by atomic mass is 31.1. The van der Waals surface area contributed by atoms with E-state index < -0.39 is 16.8 Å². The Kier molecular flexibility index (Phi) is 8.53. The van der Waals surface area contributed by atoms with Crippen molar-refractivity contribution in [1.82, 2.24) is 0 Å². The Bertz CT molecular complexity index is 950. The number of carbonyl (C=O) groups is 1. The second-order valence-electron chi connectivity index (χ2n) is 10.9. The Labute approximate surface area is 206 Å². The van der Waals surface area contributed by atoms with Crippen LogP contribution in [-0.2, 0) is 0 Å². The number of hydrogen-bond acceptors (Lipinski definition) is 6. The molecule has 0 aliphatic carbocycles. The third kappa shape index (κ3) is 8.09. The first-order valence-corrected chi connectivity index (χ1v) is 12.3. The molecule has 2 rings (SSSR count). The predicted molar refractivity (Wildman–Crippen MR) is 139 cm³/mol. The van der Waals surface area contributed by atoms with E-state index >= 15 is 0 Å². The largest absolute Gasteiger partial charge is 0.496 e. The lowest BCUT2D eigenvalue weighted by molar-refractivity contribution is 0.107. The van der Waals surface area contributed by atoms with Gasteiger partial charge in [-0.15, -0.1) is 0 Å². The molecule has 0 aromatic heterocycles. The molecule has 188 valence electrons. The highest BCUT2D eigenvalue weighted by Gasteiger charge is 2.28. The average Bonchev–Trinajstić information content (AvgIpc) is 2.66. The van der Waals surface area contributed by atoms with Gasteiger partial charge in [0.25, 0.3) is 0 Å². The first kappa shape index (κ1) is 27.8. The second kappa shape index (κ2) is 10.4. The quantitative estimate of drug-likeness (QED) is 0.400. The molecule has 0 bridgehead atoms. The fourth-order valence-corrected chi connectivity index (χ4v) is 4.26. The number of hydrogen-bond donors (Lipinski definition) is 0. The van der Waals surface area contributed by atoms with Crippen molar-refractivity contribution in [2.24, 2.45) is 0 Å². The van der Waals surface area contributed by atoms with Crippen LogP contribution in [0.5, 0.6) is 28.7 Å². The van der Waals surface area contributed by atoms with E-state index in [1.165, 1.54) is 14.2 Å². The standard InChI is InChI=1S/C27H39O6P/c1-25(2,3)31-17-15-20(32-26(4,5)6)23(21(16-17)33-27(7,8)9)34-24(28)22-18(29-10)13-12-14-19(22)30-11/h12-16,34H,1-11H3. The highest BCUT2D eigenvalue weighted by molar-refractivity contribution is 7.66. The van der Waals surface area contributed by atoms with Crippen molar-refractivity contribution in [2.45, 2.75) is 79.1 Å². The van der Waals surface area contributed by atoms with E-state index in [4.69, 9.17) is 23.7 Å². The van der Waals surface area contributed by atoms with Gasteiger partial charge in [0.2, 0.25) is 0 Å². The van der Waals surface area contributed by atoms with Crippen LogP contribution in [0.1, 0.15) is 72.7 Å². The minimum atomic E-state index is -0.496. The zero-order valence-electron chi connectivity index (χ0n) is 22.3. The van der Waals surface area contributed by atoms with Crippen molar-refractivity contribution in [1.29, 1.82) is 0 Å². The maximum Gasteiger partial charge on any atom is 0.193 e. The van der Waals surface area contributed by atoms with Gasteiger partial charge < -0.3 is 23.7 Å². The SMILES string of the molecule is COc1cccc(OC)c1C(=O)Pc1c(OC(C)(C)C)cc(OC(C)(C)C)cc1OC(C)(C)C. The van der Waals surface area contributed by atoms with Crippen LogP contribution in [0.25, 0.3) is 0 Å². The number of carbonyl (C=O) groups excluding carboxylic acids is 1. The minimum Gasteiger partial charge on any atom is -0.496 e. The molecule has 6 nitrogen and oxygen atoms in total. The number of benzene rings is 2. The molecular weight excluding hydrogens is 451 g/mol. The zero-order chi connectivity index (χ0) is 25.9. The summed E-state index contributed by atoms with van der Waals surface area (Å²) in [7, 11) is 2.78. The summed E-state index contributed by atoms with van der Waals surface area (Å²) in [5.74, 6) is 2.63. The van der Waals surface area contributed by atoms with Crippen LogP contribution < -0.4 is 29.0 Å². The van der Waals surface area contributed by atoms with E-state index in [1.54, 1.807) is 18.2 Å². The van der Waals surface area contributed by atoms with Gasteiger partial charge in [0.05, 0.1) is 19.5 Å². The number of methoxy groups -OCH3 is 2. The van der Waals surface area contributed by atoms with Crippen LogP contribution in [0.4, 0.5) is 0 Å². The average molecular weight is 491 g/mol. The first-order valence-electron chi connectivity index (χ1n) is 11.3. The van der Waals surface area contributed by atoms with Crippen molar-refractivity contribution in [3.8, 4) is 28.7 Å². The summed E-state index contributed by atoms with van der Waals surface area (Å²) in [6, 6.07) is 8.96. The summed E-state index contributed by atoms with van der Waals surface area (Å²) in [5.41, 5.74) is -1.16. The molecule has 34 heavy (non-hydrogen) atoms. The molecule has 0 aliphatic heterocycles. The van der Waals surface area contributed by atoms with Crippen LogP contribution in [0.2, 0.25) is 0 Å². The van der Waals surface area contributed by atoms with E-state index in [9.17, 15) is 4.79 Å². The van der Waals surface area contributed by atoms with Gasteiger partial charge in [-0.2, -0.15) is 0 Å². The van der Waals surface area contributed by atoms with Gasteiger partial charge in [0, 0.05) is 12.1 Å². The second-order valence-corrected chi connectivity index (χ2v) is 12.1. The van der Waals surface area contributed by atoms with Crippen molar-refractivity contribution < 1.29 is 28.5 Å². The predicted octanol–water partition coefficient (Wildman–Crippen LogP) is 6.38. The van der Waals surface area contributed by atoms with Gasteiger partial charge in [0.15, 0.2) is 5.52 Å². The topological polar surface area (TPSA) is 63.2 Å². The molecule has 2 aromatic rings. The van der Waals surface area contributed by atoms with Gasteiger partial charge in [-0.3, -0.25) is 4.79 Å². The highest BCUT2D eigenvalue weighted by Crippen LogP contribution is 2.40. The lowest BCUT2D eigenvalue weighted by Crippen LogP contribution is -2.29. The monoisotopic (exact) mass is 490 g/mol. The summed E-state index contributed by atoms with van der Waals surface area (Å²) in [6.07, 6.45) is 0. The smallest absolute Gasteiger partial charge is 0.193 e. The summed E-state index contributed by atoms with van der Waals surface area (Å²) < 4.78 is 29.7. The van der Waals surface area contributed by atoms with Crippen LogP contribution in [0.3, 0.4) is 0 Å². The molecule has 1 atom stereocenters. The summed E-state index contributed by atoms with van der Waals surface area (Å²) >= 11 is 0. The van der Waals surface area contributed by atoms with Gasteiger partial charge in [0.1, 0.15) is 51.1 Å². The first-order chi connectivity index (χ1) is 15.5. The van der Waals surface area contributed by atoms with Crippen LogP contribution in [-0.4, -0.2) is 36.5 Å². The summed E-state index contributed by atoms with van der Waals surface area (Å²) in [6.45, 7) is 17.7. The Hall–Kier alpha value is -2.46. The van der Waals surface area contributed by atoms with Crippen LogP contribution in [0, 0.1) is 0 Å². The molecule has 2 aromatic carbocycles. The van der Waals surface area contributed by atoms with E-state index in [2.05, 4.69) is 0 Å². The fraction of sp³-hybridized carbons (Fsp3) is 0.519. The molecule has 0 saturated carbocycles. The number of rotatable bonds is 8. The Morgan fingerprint density at radius 3 is 1.44 bits per heavy atom. The van der Waals surface area contributed by atoms with Crippen LogP contribution in [0.15, 0.2) is 30.3 Å². The Morgan fingerprint density at radius 2 is 1.09 bits per heavy atom. The molecule has 0 amide bonds. The Balaban J connectivity index is 2.69. The fourth-order valence-electron chi connectivity index (χ4n) is 3.17. The third-order valence-electron chi connectivity index (χ3n) is 4.19. The van der Waals surface area contributed by atoms with Crippen molar-refractivity contribution in [2.75, 3.05) is 14.2 Å². The lowest BCUT2D eigenvalue weighted by Gasteiger charge is -2.29. The maximum absolute atomic E-state index is 13.6. The zero-order valence-corrected chi connectivity index (χ0v) is 23.3. The lowest BCUT2D eigenvalue weighted by atomic mass is 10.1. The molecule has 0 heterocycles. The molecule has 1 unspecified atom stereocenters. The van der Waals surface area contributed by atoms with Gasteiger partial charge in [-0.05, 0) is 83.0 Å². The summed E-state index contributed by atoms with van der Waals surface area (Å²) in [5, 5.41) is 0.670. The maximum atomic E-state index is 13.6. The minimum absolute atomic E-state index is 0.142. The van der Waals surface area contributed by atoms with E-state index in [0.717, 1.165) is 0 Å². The molecular formula is C27H39O6P. The summed E-state index contributed by atoms with van der Waals surface area (Å²) in [4.78, 5) is 13.6. The van der Waals surface area contributed by atoms with E-state index in [-0.39, 0.29) is 14.1 Å². The third-order valence-corrected chi connectivity index (χ3v) is 5.41. The molecule has 0 saturated heterocycles. The molecule has 0 radical (unpaired) electrons. The van der Waals surface area contributed by atoms with Crippen LogP contribution >= 0.6 is 8.58 Å². The van der Waals surface area contributed by atoms with Crippen molar-refractivity contribution in [3.63, 3.8) is 0 Å².